The van der Waals surface area contributed by atoms with Crippen molar-refractivity contribution >= 4 is 49.1 Å². The van der Waals surface area contributed by atoms with Gasteiger partial charge in [-0.2, -0.15) is 0 Å². The zero-order chi connectivity index (χ0) is 28.0. The van der Waals surface area contributed by atoms with Crippen molar-refractivity contribution in [1.82, 2.24) is 10.2 Å². The number of sulfonamides is 1. The van der Waals surface area contributed by atoms with Crippen molar-refractivity contribution in [3.8, 4) is 5.75 Å². The summed E-state index contributed by atoms with van der Waals surface area (Å²) in [6.07, 6.45) is 4.68. The molecule has 1 saturated carbocycles. The minimum absolute atomic E-state index is 0.0365. The Labute approximate surface area is 230 Å². The first-order valence-corrected chi connectivity index (χ1v) is 14.7. The summed E-state index contributed by atoms with van der Waals surface area (Å²) in [6, 6.07) is 9.84. The zero-order valence-corrected chi connectivity index (χ0v) is 23.8. The van der Waals surface area contributed by atoms with E-state index in [0.717, 1.165) is 52.3 Å². The summed E-state index contributed by atoms with van der Waals surface area (Å²) in [6.45, 7) is 0.950. The number of anilines is 1. The van der Waals surface area contributed by atoms with Gasteiger partial charge in [0.05, 0.1) is 18.3 Å². The Balaban J connectivity index is 1.97. The lowest BCUT2D eigenvalue weighted by molar-refractivity contribution is -0.384. The molecule has 1 aliphatic carbocycles. The van der Waals surface area contributed by atoms with E-state index < -0.39 is 33.4 Å². The highest BCUT2D eigenvalue weighted by atomic mass is 79.9. The van der Waals surface area contributed by atoms with Crippen LogP contribution in [0.1, 0.15) is 38.2 Å². The number of benzene rings is 2. The van der Waals surface area contributed by atoms with E-state index in [4.69, 9.17) is 4.74 Å². The number of methoxy groups -OCH3 is 1. The van der Waals surface area contributed by atoms with Gasteiger partial charge in [0.25, 0.3) is 5.69 Å². The van der Waals surface area contributed by atoms with Crippen molar-refractivity contribution in [2.45, 2.75) is 51.2 Å². The normalized spacial score (nSPS) is 14.5. The summed E-state index contributed by atoms with van der Waals surface area (Å²) >= 11 is 3.41. The van der Waals surface area contributed by atoms with Gasteiger partial charge in [-0.25, -0.2) is 8.42 Å². The fourth-order valence-electron chi connectivity index (χ4n) is 4.39. The number of ether oxygens (including phenoxy) is 1. The third-order valence-electron chi connectivity index (χ3n) is 6.43. The van der Waals surface area contributed by atoms with Crippen LogP contribution in [0, 0.1) is 10.1 Å². The topological polar surface area (TPSA) is 139 Å². The van der Waals surface area contributed by atoms with E-state index in [2.05, 4.69) is 21.2 Å². The molecular weight excluding hydrogens is 580 g/mol. The van der Waals surface area contributed by atoms with Crippen LogP contribution in [0.2, 0.25) is 0 Å². The van der Waals surface area contributed by atoms with Crippen LogP contribution in [0.15, 0.2) is 46.9 Å². The number of carbonyl (C=O) groups excluding carboxylic acids is 2. The van der Waals surface area contributed by atoms with Gasteiger partial charge in [-0.15, -0.1) is 0 Å². The summed E-state index contributed by atoms with van der Waals surface area (Å²) in [5.41, 5.74) is 0.215. The van der Waals surface area contributed by atoms with E-state index in [1.807, 2.05) is 6.07 Å². The van der Waals surface area contributed by atoms with Crippen molar-refractivity contribution in [1.29, 1.82) is 0 Å². The second kappa shape index (κ2) is 12.6. The second-order valence-electron chi connectivity index (χ2n) is 9.20. The molecule has 2 amide bonds. The molecule has 38 heavy (non-hydrogen) atoms. The molecule has 1 atom stereocenters. The maximum Gasteiger partial charge on any atom is 0.271 e. The Morgan fingerprint density at radius 2 is 1.89 bits per heavy atom. The minimum Gasteiger partial charge on any atom is -0.495 e. The Morgan fingerprint density at radius 1 is 1.21 bits per heavy atom. The maximum absolute atomic E-state index is 13.7. The molecule has 0 unspecified atom stereocenters. The fraction of sp³-hybridized carbons (Fsp3) is 0.440. The van der Waals surface area contributed by atoms with Crippen LogP contribution in [-0.2, 0) is 26.2 Å². The van der Waals surface area contributed by atoms with Gasteiger partial charge in [0.2, 0.25) is 21.8 Å². The third-order valence-corrected chi connectivity index (χ3v) is 8.05. The number of nitrogens with one attached hydrogen (secondary N) is 1. The molecule has 2 aromatic carbocycles. The number of nitrogens with zero attached hydrogens (tertiary/aromatic N) is 3. The molecule has 0 heterocycles. The highest BCUT2D eigenvalue weighted by Gasteiger charge is 2.33. The van der Waals surface area contributed by atoms with Crippen molar-refractivity contribution in [2.75, 3.05) is 24.2 Å². The van der Waals surface area contributed by atoms with Crippen molar-refractivity contribution < 1.29 is 27.7 Å². The first kappa shape index (κ1) is 29.4. The predicted molar refractivity (Wildman–Crippen MR) is 146 cm³/mol. The SMILES string of the molecule is COc1ccc([N+](=O)[O-])cc1N(CC(=O)N(Cc1cccc(Br)c1)[C@@H](C)C(=O)NC1CCCC1)S(C)(=O)=O. The number of nitro benzene ring substituents is 1. The Hall–Kier alpha value is -3.19. The van der Waals surface area contributed by atoms with Gasteiger partial charge in [0.15, 0.2) is 0 Å². The number of carbonyl (C=O) groups is 2. The lowest BCUT2D eigenvalue weighted by Gasteiger charge is -2.32. The number of hydrogen-bond acceptors (Lipinski definition) is 7. The highest BCUT2D eigenvalue weighted by Crippen LogP contribution is 2.34. The number of nitro groups is 1. The molecule has 1 N–H and O–H groups in total. The quantitative estimate of drug-likeness (QED) is 0.303. The Bertz CT molecular complexity index is 1300. The summed E-state index contributed by atoms with van der Waals surface area (Å²) in [7, 11) is -2.80. The van der Waals surface area contributed by atoms with Crippen LogP contribution < -0.4 is 14.4 Å². The number of hydrogen-bond donors (Lipinski definition) is 1. The highest BCUT2D eigenvalue weighted by molar-refractivity contribution is 9.10. The van der Waals surface area contributed by atoms with Crippen LogP contribution in [-0.4, -0.2) is 62.0 Å². The molecule has 0 aromatic heterocycles. The molecule has 3 rings (SSSR count). The molecule has 1 aliphatic rings. The van der Waals surface area contributed by atoms with Gasteiger partial charge in [-0.1, -0.05) is 40.9 Å². The summed E-state index contributed by atoms with van der Waals surface area (Å²) < 4.78 is 32.4. The van der Waals surface area contributed by atoms with Crippen molar-refractivity contribution in [2.24, 2.45) is 0 Å². The minimum atomic E-state index is -4.09. The molecule has 11 nitrogen and oxygen atoms in total. The fourth-order valence-corrected chi connectivity index (χ4v) is 5.68. The van der Waals surface area contributed by atoms with Crippen LogP contribution >= 0.6 is 15.9 Å². The van der Waals surface area contributed by atoms with E-state index in [1.165, 1.54) is 24.1 Å². The first-order chi connectivity index (χ1) is 17.9. The first-order valence-electron chi connectivity index (χ1n) is 12.0. The molecule has 13 heteroatoms. The molecule has 0 aliphatic heterocycles. The third kappa shape index (κ3) is 7.44. The smallest absolute Gasteiger partial charge is 0.271 e. The Kier molecular flexibility index (Phi) is 9.71. The molecule has 0 radical (unpaired) electrons. The molecule has 1 fully saturated rings. The number of rotatable bonds is 11. The van der Waals surface area contributed by atoms with E-state index >= 15 is 0 Å². The zero-order valence-electron chi connectivity index (χ0n) is 21.4. The molecular formula is C25H31BrN4O7S. The lowest BCUT2D eigenvalue weighted by Crippen LogP contribution is -2.52. The second-order valence-corrected chi connectivity index (χ2v) is 12.0. The molecule has 0 saturated heterocycles. The van der Waals surface area contributed by atoms with Gasteiger partial charge in [-0.3, -0.25) is 24.0 Å². The lowest BCUT2D eigenvalue weighted by atomic mass is 10.1. The number of non-ortho nitro benzene ring substituents is 1. The van der Waals surface area contributed by atoms with Crippen LogP contribution in [0.4, 0.5) is 11.4 Å². The van der Waals surface area contributed by atoms with Crippen LogP contribution in [0.3, 0.4) is 0 Å². The monoisotopic (exact) mass is 610 g/mol. The number of halogens is 1. The van der Waals surface area contributed by atoms with Gasteiger partial charge >= 0.3 is 0 Å². The molecule has 0 bridgehead atoms. The van der Waals surface area contributed by atoms with Crippen LogP contribution in [0.5, 0.6) is 5.75 Å². The van der Waals surface area contributed by atoms with E-state index in [1.54, 1.807) is 25.1 Å². The van der Waals surface area contributed by atoms with E-state index in [0.29, 0.717) is 0 Å². The largest absolute Gasteiger partial charge is 0.495 e. The summed E-state index contributed by atoms with van der Waals surface area (Å²) in [4.78, 5) is 38.9. The van der Waals surface area contributed by atoms with Crippen LogP contribution in [0.25, 0.3) is 0 Å². The van der Waals surface area contributed by atoms with Gasteiger partial charge < -0.3 is 15.0 Å². The Morgan fingerprint density at radius 3 is 2.47 bits per heavy atom. The van der Waals surface area contributed by atoms with Gasteiger partial charge in [0.1, 0.15) is 24.0 Å². The molecule has 2 aromatic rings. The number of amides is 2. The predicted octanol–water partition coefficient (Wildman–Crippen LogP) is 3.61. The molecule has 0 spiro atoms. The van der Waals surface area contributed by atoms with Crippen molar-refractivity contribution in [3.63, 3.8) is 0 Å². The summed E-state index contributed by atoms with van der Waals surface area (Å²) in [5.74, 6) is -0.948. The van der Waals surface area contributed by atoms with E-state index in [9.17, 15) is 28.1 Å². The van der Waals surface area contributed by atoms with Crippen molar-refractivity contribution in [3.05, 3.63) is 62.6 Å². The van der Waals surface area contributed by atoms with E-state index in [-0.39, 0.29) is 35.6 Å². The average molecular weight is 612 g/mol. The standard InChI is InChI=1S/C25H31BrN4O7S/c1-17(25(32)27-20-9-4-5-10-20)28(15-18-7-6-8-19(26)13-18)24(31)16-29(38(3,35)36)22-14-21(30(33)34)11-12-23(22)37-2/h6-8,11-14,17,20H,4-5,9-10,15-16H2,1-3H3,(H,27,32)/t17-/m0/s1. The molecule has 206 valence electrons. The average Bonchev–Trinajstić information content (AvgIpc) is 3.37. The van der Waals surface area contributed by atoms with Gasteiger partial charge in [0, 0.05) is 29.2 Å². The van der Waals surface area contributed by atoms with Gasteiger partial charge in [-0.05, 0) is 43.5 Å². The maximum atomic E-state index is 13.7. The summed E-state index contributed by atoms with van der Waals surface area (Å²) in [5, 5.41) is 14.4.